The fourth-order valence-corrected chi connectivity index (χ4v) is 3.04. The van der Waals surface area contributed by atoms with E-state index < -0.39 is 6.10 Å². The number of carbonyl (C=O) groups excluding carboxylic acids is 1. The van der Waals surface area contributed by atoms with Crippen LogP contribution in [0.3, 0.4) is 0 Å². The molecule has 1 saturated heterocycles. The molecule has 23 heavy (non-hydrogen) atoms. The number of halogens is 1. The van der Waals surface area contributed by atoms with Gasteiger partial charge in [0.05, 0.1) is 19.3 Å². The molecule has 1 fully saturated rings. The Hall–Kier alpha value is -1.14. The second-order valence-electron chi connectivity index (χ2n) is 5.95. The van der Waals surface area contributed by atoms with Gasteiger partial charge in [-0.15, -0.1) is 0 Å². The Morgan fingerprint density at radius 3 is 2.78 bits per heavy atom. The number of hydrogen-bond acceptors (Lipinski definition) is 4. The number of piperidine rings is 1. The Kier molecular flexibility index (Phi) is 7.30. The molecule has 2 N–H and O–H groups in total. The first-order valence-electron chi connectivity index (χ1n) is 8.03. The van der Waals surface area contributed by atoms with Crippen LogP contribution in [0.25, 0.3) is 0 Å². The summed E-state index contributed by atoms with van der Waals surface area (Å²) in [5.41, 5.74) is 0.924. The van der Waals surface area contributed by atoms with Crippen LogP contribution in [0.1, 0.15) is 18.4 Å². The standard InChI is InChI=1S/C17H25ClN2O3/c1-19-17(22)13-6-8-20(9-7-13)10-15(21)12-23-11-14-4-2-3-5-16(14)18/h2-5,13,15,21H,6-12H2,1H3,(H,19,22). The maximum Gasteiger partial charge on any atom is 0.222 e. The number of rotatable bonds is 7. The minimum Gasteiger partial charge on any atom is -0.389 e. The number of hydrogen-bond donors (Lipinski definition) is 2. The van der Waals surface area contributed by atoms with E-state index in [2.05, 4.69) is 10.2 Å². The lowest BCUT2D eigenvalue weighted by Gasteiger charge is -2.32. The van der Waals surface area contributed by atoms with E-state index in [0.717, 1.165) is 31.5 Å². The second kappa shape index (κ2) is 9.23. The van der Waals surface area contributed by atoms with Crippen molar-refractivity contribution in [3.63, 3.8) is 0 Å². The van der Waals surface area contributed by atoms with Crippen molar-refractivity contribution >= 4 is 17.5 Å². The second-order valence-corrected chi connectivity index (χ2v) is 6.36. The maximum absolute atomic E-state index is 11.6. The Morgan fingerprint density at radius 1 is 1.43 bits per heavy atom. The SMILES string of the molecule is CNC(=O)C1CCN(CC(O)COCc2ccccc2Cl)CC1. The minimum atomic E-state index is -0.533. The van der Waals surface area contributed by atoms with Gasteiger partial charge in [0.1, 0.15) is 0 Å². The van der Waals surface area contributed by atoms with Gasteiger partial charge in [-0.3, -0.25) is 4.79 Å². The number of nitrogens with zero attached hydrogens (tertiary/aromatic N) is 1. The zero-order valence-electron chi connectivity index (χ0n) is 13.5. The number of amides is 1. The molecular formula is C17H25ClN2O3. The van der Waals surface area contributed by atoms with Gasteiger partial charge in [0.25, 0.3) is 0 Å². The topological polar surface area (TPSA) is 61.8 Å². The van der Waals surface area contributed by atoms with E-state index >= 15 is 0 Å². The van der Waals surface area contributed by atoms with Crippen LogP contribution in [0.5, 0.6) is 0 Å². The van der Waals surface area contributed by atoms with Crippen LogP contribution in [-0.4, -0.2) is 55.3 Å². The van der Waals surface area contributed by atoms with Crippen LogP contribution in [0, 0.1) is 5.92 Å². The summed E-state index contributed by atoms with van der Waals surface area (Å²) in [7, 11) is 1.68. The number of carbonyl (C=O) groups is 1. The average molecular weight is 341 g/mol. The molecule has 1 unspecified atom stereocenters. The number of β-amino-alcohol motifs (C(OH)–C–C–N with tert-alkyl or cyclic N) is 1. The third-order valence-corrected chi connectivity index (χ3v) is 4.57. The summed E-state index contributed by atoms with van der Waals surface area (Å²) >= 11 is 6.06. The van der Waals surface area contributed by atoms with Gasteiger partial charge in [-0.25, -0.2) is 0 Å². The van der Waals surface area contributed by atoms with Crippen LogP contribution in [-0.2, 0) is 16.1 Å². The molecule has 1 heterocycles. The molecule has 128 valence electrons. The van der Waals surface area contributed by atoms with Crippen LogP contribution in [0.15, 0.2) is 24.3 Å². The predicted molar refractivity (Wildman–Crippen MR) is 90.3 cm³/mol. The summed E-state index contributed by atoms with van der Waals surface area (Å²) in [5, 5.41) is 13.5. The third kappa shape index (κ3) is 5.77. The molecule has 1 aliphatic rings. The highest BCUT2D eigenvalue weighted by Gasteiger charge is 2.25. The number of nitrogens with one attached hydrogen (secondary N) is 1. The minimum absolute atomic E-state index is 0.102. The van der Waals surface area contributed by atoms with Gasteiger partial charge < -0.3 is 20.1 Å². The van der Waals surface area contributed by atoms with Crippen LogP contribution >= 0.6 is 11.6 Å². The predicted octanol–water partition coefficient (Wildman–Crippen LogP) is 1.68. The van der Waals surface area contributed by atoms with Crippen molar-refractivity contribution in [2.45, 2.75) is 25.6 Å². The molecule has 1 amide bonds. The van der Waals surface area contributed by atoms with Crippen molar-refractivity contribution in [2.24, 2.45) is 5.92 Å². The highest BCUT2D eigenvalue weighted by Crippen LogP contribution is 2.18. The first-order chi connectivity index (χ1) is 11.1. The molecule has 0 radical (unpaired) electrons. The summed E-state index contributed by atoms with van der Waals surface area (Å²) in [5.74, 6) is 0.220. The van der Waals surface area contributed by atoms with Crippen molar-refractivity contribution in [3.8, 4) is 0 Å². The summed E-state index contributed by atoms with van der Waals surface area (Å²) in [6.07, 6.45) is 1.15. The lowest BCUT2D eigenvalue weighted by Crippen LogP contribution is -2.43. The van der Waals surface area contributed by atoms with Gasteiger partial charge in [-0.2, -0.15) is 0 Å². The molecule has 0 saturated carbocycles. The van der Waals surface area contributed by atoms with Gasteiger partial charge in [0.2, 0.25) is 5.91 Å². The van der Waals surface area contributed by atoms with Gasteiger partial charge in [0.15, 0.2) is 0 Å². The van der Waals surface area contributed by atoms with Gasteiger partial charge in [-0.1, -0.05) is 29.8 Å². The molecule has 1 aromatic carbocycles. The highest BCUT2D eigenvalue weighted by atomic mass is 35.5. The summed E-state index contributed by atoms with van der Waals surface area (Å²) in [6.45, 7) is 2.92. The molecule has 1 aromatic rings. The largest absolute Gasteiger partial charge is 0.389 e. The molecule has 0 spiro atoms. The van der Waals surface area contributed by atoms with E-state index in [1.165, 1.54) is 0 Å². The van der Waals surface area contributed by atoms with E-state index in [-0.39, 0.29) is 18.4 Å². The summed E-state index contributed by atoms with van der Waals surface area (Å²) < 4.78 is 5.56. The molecule has 5 nitrogen and oxygen atoms in total. The molecule has 0 aliphatic carbocycles. The van der Waals surface area contributed by atoms with Gasteiger partial charge in [-0.05, 0) is 37.6 Å². The summed E-state index contributed by atoms with van der Waals surface area (Å²) in [6, 6.07) is 7.53. The maximum atomic E-state index is 11.6. The molecule has 1 aliphatic heterocycles. The van der Waals surface area contributed by atoms with Crippen molar-refractivity contribution in [1.29, 1.82) is 0 Å². The Morgan fingerprint density at radius 2 is 2.13 bits per heavy atom. The summed E-state index contributed by atoms with van der Waals surface area (Å²) in [4.78, 5) is 13.8. The monoisotopic (exact) mass is 340 g/mol. The highest BCUT2D eigenvalue weighted by molar-refractivity contribution is 6.31. The molecule has 6 heteroatoms. The molecule has 0 aromatic heterocycles. The van der Waals surface area contributed by atoms with E-state index in [4.69, 9.17) is 16.3 Å². The number of aliphatic hydroxyl groups is 1. The van der Waals surface area contributed by atoms with Crippen molar-refractivity contribution < 1.29 is 14.6 Å². The van der Waals surface area contributed by atoms with E-state index in [1.807, 2.05) is 24.3 Å². The lowest BCUT2D eigenvalue weighted by molar-refractivity contribution is -0.126. The van der Waals surface area contributed by atoms with Gasteiger partial charge >= 0.3 is 0 Å². The molecule has 2 rings (SSSR count). The zero-order valence-corrected chi connectivity index (χ0v) is 14.3. The lowest BCUT2D eigenvalue weighted by atomic mass is 9.96. The average Bonchev–Trinajstić information content (AvgIpc) is 2.56. The fraction of sp³-hybridized carbons (Fsp3) is 0.588. The third-order valence-electron chi connectivity index (χ3n) is 4.20. The first kappa shape index (κ1) is 18.2. The van der Waals surface area contributed by atoms with E-state index in [0.29, 0.717) is 18.2 Å². The van der Waals surface area contributed by atoms with E-state index in [1.54, 1.807) is 7.05 Å². The van der Waals surface area contributed by atoms with Crippen LogP contribution in [0.4, 0.5) is 0 Å². The quantitative estimate of drug-likeness (QED) is 0.792. The molecular weight excluding hydrogens is 316 g/mol. The van der Waals surface area contributed by atoms with Crippen LogP contribution < -0.4 is 5.32 Å². The molecule has 0 bridgehead atoms. The fourth-order valence-electron chi connectivity index (χ4n) is 2.85. The Bertz CT molecular complexity index is 504. The van der Waals surface area contributed by atoms with Crippen molar-refractivity contribution in [2.75, 3.05) is 33.3 Å². The smallest absolute Gasteiger partial charge is 0.222 e. The van der Waals surface area contributed by atoms with E-state index in [9.17, 15) is 9.90 Å². The van der Waals surface area contributed by atoms with Gasteiger partial charge in [0, 0.05) is 24.5 Å². The van der Waals surface area contributed by atoms with Crippen molar-refractivity contribution in [1.82, 2.24) is 10.2 Å². The van der Waals surface area contributed by atoms with Crippen LogP contribution in [0.2, 0.25) is 5.02 Å². The normalized spacial score (nSPS) is 17.9. The number of ether oxygens (including phenoxy) is 1. The Balaban J connectivity index is 1.65. The zero-order chi connectivity index (χ0) is 16.7. The number of aliphatic hydroxyl groups excluding tert-OH is 1. The van der Waals surface area contributed by atoms with Crippen molar-refractivity contribution in [3.05, 3.63) is 34.9 Å². The number of benzene rings is 1. The number of likely N-dealkylation sites (tertiary alicyclic amines) is 1. The Labute approximate surface area is 142 Å². The molecule has 1 atom stereocenters. The first-order valence-corrected chi connectivity index (χ1v) is 8.41.